The quantitative estimate of drug-likeness (QED) is 0.634. The normalized spacial score (nSPS) is 26.4. The van der Waals surface area contributed by atoms with Crippen molar-refractivity contribution in [2.24, 2.45) is 17.8 Å². The van der Waals surface area contributed by atoms with Crippen molar-refractivity contribution in [3.63, 3.8) is 0 Å². The Balaban J connectivity index is -0.00000108. The molecular weight excluding hydrogens is 298 g/mol. The Bertz CT molecular complexity index is 283. The summed E-state index contributed by atoms with van der Waals surface area (Å²) in [6, 6.07) is 0. The first-order valence-corrected chi connectivity index (χ1v) is 5.82. The van der Waals surface area contributed by atoms with Gasteiger partial charge in [0.25, 0.3) is 5.60 Å². The molecule has 132 valence electrons. The Morgan fingerprint density at radius 2 is 1.29 bits per heavy atom. The smallest absolute Gasteiger partial charge is 0.373 e. The molecule has 21 heavy (non-hydrogen) atoms. The van der Waals surface area contributed by atoms with Crippen LogP contribution in [0.1, 0.15) is 55.4 Å². The van der Waals surface area contributed by atoms with Crippen molar-refractivity contribution >= 4 is 0 Å². The van der Waals surface area contributed by atoms with Crippen molar-refractivity contribution < 1.29 is 31.4 Å². The van der Waals surface area contributed by atoms with Gasteiger partial charge in [-0.1, -0.05) is 42.5 Å². The van der Waals surface area contributed by atoms with Crippen LogP contribution in [0.4, 0.5) is 26.3 Å². The molecule has 3 unspecified atom stereocenters. The molecule has 3 atom stereocenters. The van der Waals surface area contributed by atoms with Gasteiger partial charge in [0.05, 0.1) is 0 Å². The largest absolute Gasteiger partial charge is 0.426 e. The molecule has 1 fully saturated rings. The van der Waals surface area contributed by atoms with Crippen LogP contribution in [0.2, 0.25) is 0 Å². The van der Waals surface area contributed by atoms with E-state index in [9.17, 15) is 31.4 Å². The molecule has 1 rings (SSSR count). The lowest BCUT2D eigenvalue weighted by Gasteiger charge is -2.39. The van der Waals surface area contributed by atoms with E-state index in [1.54, 1.807) is 6.92 Å². The van der Waals surface area contributed by atoms with Crippen LogP contribution in [-0.4, -0.2) is 23.1 Å². The fraction of sp³-hybridized carbons (Fsp3) is 1.00. The lowest BCUT2D eigenvalue weighted by molar-refractivity contribution is -0.387. The molecule has 0 heterocycles. The van der Waals surface area contributed by atoms with Gasteiger partial charge in [0.1, 0.15) is 0 Å². The van der Waals surface area contributed by atoms with Gasteiger partial charge in [0.15, 0.2) is 0 Å². The number of halogens is 6. The molecule has 0 spiro atoms. The molecule has 0 aromatic heterocycles. The highest BCUT2D eigenvalue weighted by Gasteiger charge is 2.74. The van der Waals surface area contributed by atoms with Gasteiger partial charge in [0, 0.05) is 5.92 Å². The second-order valence-corrected chi connectivity index (χ2v) is 4.97. The van der Waals surface area contributed by atoms with E-state index in [4.69, 9.17) is 0 Å². The van der Waals surface area contributed by atoms with Crippen LogP contribution in [0.5, 0.6) is 0 Å². The van der Waals surface area contributed by atoms with E-state index in [0.29, 0.717) is 6.42 Å². The zero-order valence-electron chi connectivity index (χ0n) is 10.1. The molecule has 0 bridgehead atoms. The summed E-state index contributed by atoms with van der Waals surface area (Å²) in [6.45, 7) is 3.08. The van der Waals surface area contributed by atoms with Crippen molar-refractivity contribution in [1.82, 2.24) is 0 Å². The van der Waals surface area contributed by atoms with Gasteiger partial charge >= 0.3 is 12.4 Å². The van der Waals surface area contributed by atoms with Gasteiger partial charge < -0.3 is 5.11 Å². The van der Waals surface area contributed by atoms with Crippen LogP contribution in [0.25, 0.3) is 0 Å². The van der Waals surface area contributed by atoms with Crippen LogP contribution >= 0.6 is 0 Å². The zero-order chi connectivity index (χ0) is 14.4. The lowest BCUT2D eigenvalue weighted by Crippen LogP contribution is -2.62. The Morgan fingerprint density at radius 1 is 0.905 bits per heavy atom. The maximum atomic E-state index is 12.7. The van der Waals surface area contributed by atoms with Gasteiger partial charge in [-0.2, -0.15) is 26.3 Å². The van der Waals surface area contributed by atoms with Gasteiger partial charge in [-0.3, -0.25) is 0 Å². The maximum Gasteiger partial charge on any atom is 0.426 e. The third-order valence-corrected chi connectivity index (χ3v) is 4.15. The fourth-order valence-electron chi connectivity index (χ4n) is 2.99. The summed E-state index contributed by atoms with van der Waals surface area (Å²) in [5.74, 6) is -2.82. The van der Waals surface area contributed by atoms with Crippen molar-refractivity contribution in [3.05, 3.63) is 0 Å². The van der Waals surface area contributed by atoms with E-state index < -0.39 is 29.8 Å². The molecule has 1 nitrogen and oxygen atoms in total. The van der Waals surface area contributed by atoms with Crippen molar-refractivity contribution in [2.75, 3.05) is 0 Å². The molecule has 0 aromatic rings. The topological polar surface area (TPSA) is 20.2 Å². The highest BCUT2D eigenvalue weighted by Crippen LogP contribution is 2.55. The number of aliphatic hydroxyl groups is 1. The minimum Gasteiger partial charge on any atom is -0.373 e. The predicted octanol–water partition coefficient (Wildman–Crippen LogP) is 5.82. The molecule has 1 aliphatic carbocycles. The van der Waals surface area contributed by atoms with E-state index in [-0.39, 0.29) is 41.0 Å². The Hall–Kier alpha value is -0.460. The average molecular weight is 326 g/mol. The molecule has 1 N–H and O–H groups in total. The third-order valence-electron chi connectivity index (χ3n) is 4.15. The molecule has 0 saturated heterocycles. The summed E-state index contributed by atoms with van der Waals surface area (Å²) in [4.78, 5) is 0. The standard InChI is InChI=1S/C11H16F6O.3CH4/c1-3-7-4-5-8(6(7)2)9(18,10(12,13)14)11(15,16)17;;;/h6-8,18H,3-5H2,1-2H3;3*1H4. The molecule has 1 saturated carbocycles. The molecule has 0 aromatic carbocycles. The number of rotatable bonds is 2. The van der Waals surface area contributed by atoms with Gasteiger partial charge in [-0.25, -0.2) is 0 Å². The molecule has 1 aliphatic rings. The average Bonchev–Trinajstić information content (AvgIpc) is 2.55. The van der Waals surface area contributed by atoms with Gasteiger partial charge in [-0.05, 0) is 24.7 Å². The van der Waals surface area contributed by atoms with Crippen LogP contribution < -0.4 is 0 Å². The summed E-state index contributed by atoms with van der Waals surface area (Å²) in [6.07, 6.45) is -10.9. The van der Waals surface area contributed by atoms with E-state index in [2.05, 4.69) is 0 Å². The minimum atomic E-state index is -5.70. The lowest BCUT2D eigenvalue weighted by atomic mass is 9.77. The van der Waals surface area contributed by atoms with Gasteiger partial charge in [-0.15, -0.1) is 0 Å². The summed E-state index contributed by atoms with van der Waals surface area (Å²) in [7, 11) is 0. The SMILES string of the molecule is C.C.C.CCC1CCC(C(O)(C(F)(F)F)C(F)(F)F)C1C. The molecule has 0 radical (unpaired) electrons. The Labute approximate surface area is 123 Å². The van der Waals surface area contributed by atoms with Crippen LogP contribution in [0.3, 0.4) is 0 Å². The first-order chi connectivity index (χ1) is 7.96. The second kappa shape index (κ2) is 7.70. The number of hydrogen-bond acceptors (Lipinski definition) is 1. The monoisotopic (exact) mass is 326 g/mol. The van der Waals surface area contributed by atoms with Crippen LogP contribution in [0.15, 0.2) is 0 Å². The van der Waals surface area contributed by atoms with E-state index in [1.165, 1.54) is 6.92 Å². The highest BCUT2D eigenvalue weighted by atomic mass is 19.4. The summed E-state index contributed by atoms with van der Waals surface area (Å²) < 4.78 is 76.1. The fourth-order valence-corrected chi connectivity index (χ4v) is 2.99. The minimum absolute atomic E-state index is 0. The first kappa shape index (κ1) is 25.5. The Morgan fingerprint density at radius 3 is 1.52 bits per heavy atom. The van der Waals surface area contributed by atoms with Crippen molar-refractivity contribution in [1.29, 1.82) is 0 Å². The molecule has 7 heteroatoms. The highest BCUT2D eigenvalue weighted by molar-refractivity contribution is 5.04. The number of alkyl halides is 6. The second-order valence-electron chi connectivity index (χ2n) is 4.97. The van der Waals surface area contributed by atoms with E-state index in [1.807, 2.05) is 0 Å². The Kier molecular flexibility index (Phi) is 9.34. The van der Waals surface area contributed by atoms with Crippen molar-refractivity contribution in [3.8, 4) is 0 Å². The summed E-state index contributed by atoms with van der Waals surface area (Å²) in [5.41, 5.74) is -4.59. The zero-order valence-corrected chi connectivity index (χ0v) is 10.1. The van der Waals surface area contributed by atoms with E-state index in [0.717, 1.165) is 0 Å². The molecular formula is C14H28F6O. The van der Waals surface area contributed by atoms with Crippen LogP contribution in [0, 0.1) is 17.8 Å². The third kappa shape index (κ3) is 4.05. The van der Waals surface area contributed by atoms with Crippen molar-refractivity contribution in [2.45, 2.75) is 73.3 Å². The van der Waals surface area contributed by atoms with E-state index >= 15 is 0 Å². The van der Waals surface area contributed by atoms with Gasteiger partial charge in [0.2, 0.25) is 0 Å². The summed E-state index contributed by atoms with van der Waals surface area (Å²) in [5, 5.41) is 9.32. The maximum absolute atomic E-state index is 12.7. The predicted molar refractivity (Wildman–Crippen MR) is 72.9 cm³/mol. The molecule has 0 amide bonds. The van der Waals surface area contributed by atoms with Crippen LogP contribution in [-0.2, 0) is 0 Å². The first-order valence-electron chi connectivity index (χ1n) is 5.82. The molecule has 0 aliphatic heterocycles. The summed E-state index contributed by atoms with van der Waals surface area (Å²) >= 11 is 0. The number of hydrogen-bond donors (Lipinski definition) is 1.